The van der Waals surface area contributed by atoms with E-state index in [0.717, 1.165) is 35.3 Å². The van der Waals surface area contributed by atoms with Crippen molar-refractivity contribution < 1.29 is 9.21 Å². The average molecular weight is 413 g/mol. The van der Waals surface area contributed by atoms with Crippen LogP contribution in [-0.2, 0) is 4.79 Å². The van der Waals surface area contributed by atoms with Crippen LogP contribution in [0.4, 0.5) is 0 Å². The van der Waals surface area contributed by atoms with E-state index in [4.69, 9.17) is 9.40 Å². The molecule has 0 saturated carbocycles. The van der Waals surface area contributed by atoms with Gasteiger partial charge in [0.2, 0.25) is 5.91 Å². The van der Waals surface area contributed by atoms with Crippen LogP contribution in [0.3, 0.4) is 0 Å². The van der Waals surface area contributed by atoms with Crippen LogP contribution in [0.5, 0.6) is 0 Å². The van der Waals surface area contributed by atoms with Crippen LogP contribution < -0.4 is 5.43 Å². The molecule has 6 heteroatoms. The molecule has 6 nitrogen and oxygen atoms in total. The third-order valence-electron chi connectivity index (χ3n) is 5.96. The average Bonchev–Trinajstić information content (AvgIpc) is 3.23. The van der Waals surface area contributed by atoms with Gasteiger partial charge in [0.25, 0.3) is 0 Å². The first-order valence-electron chi connectivity index (χ1n) is 10.5. The van der Waals surface area contributed by atoms with E-state index in [-0.39, 0.29) is 11.3 Å². The van der Waals surface area contributed by atoms with Gasteiger partial charge < -0.3 is 14.3 Å². The molecule has 1 amide bonds. The fourth-order valence-electron chi connectivity index (χ4n) is 4.18. The van der Waals surface area contributed by atoms with Crippen LogP contribution >= 0.6 is 0 Å². The lowest BCUT2D eigenvalue weighted by atomic mass is 9.96. The van der Waals surface area contributed by atoms with Gasteiger partial charge in [0.05, 0.1) is 22.0 Å². The van der Waals surface area contributed by atoms with Crippen molar-refractivity contribution in [2.24, 2.45) is 0 Å². The van der Waals surface area contributed by atoms with Crippen molar-refractivity contribution in [2.45, 2.75) is 25.7 Å². The molecular weight excluding hydrogens is 390 g/mol. The van der Waals surface area contributed by atoms with Crippen molar-refractivity contribution in [3.05, 3.63) is 82.0 Å². The van der Waals surface area contributed by atoms with E-state index in [1.54, 1.807) is 12.1 Å². The number of piperidine rings is 1. The third kappa shape index (κ3) is 3.77. The van der Waals surface area contributed by atoms with Crippen molar-refractivity contribution in [3.63, 3.8) is 0 Å². The number of likely N-dealkylation sites (tertiary alicyclic amines) is 1. The largest absolute Gasteiger partial charge is 0.463 e. The van der Waals surface area contributed by atoms with Gasteiger partial charge in [0.15, 0.2) is 5.43 Å². The van der Waals surface area contributed by atoms with E-state index in [0.29, 0.717) is 35.5 Å². The summed E-state index contributed by atoms with van der Waals surface area (Å²) in [5, 5.41) is 0.529. The number of aryl methyl sites for hydroxylation is 1. The van der Waals surface area contributed by atoms with Gasteiger partial charge in [-0.2, -0.15) is 0 Å². The van der Waals surface area contributed by atoms with E-state index in [1.807, 2.05) is 48.2 Å². The summed E-state index contributed by atoms with van der Waals surface area (Å²) < 4.78 is 5.56. The number of imidazole rings is 1. The molecule has 0 spiro atoms. The lowest BCUT2D eigenvalue weighted by Crippen LogP contribution is -2.37. The highest BCUT2D eigenvalue weighted by molar-refractivity contribution is 5.92. The van der Waals surface area contributed by atoms with Crippen molar-refractivity contribution in [1.29, 1.82) is 0 Å². The Labute approximate surface area is 179 Å². The monoisotopic (exact) mass is 413 g/mol. The van der Waals surface area contributed by atoms with Crippen LogP contribution in [0.15, 0.2) is 64.0 Å². The zero-order valence-electron chi connectivity index (χ0n) is 17.3. The van der Waals surface area contributed by atoms with Crippen LogP contribution in [0.1, 0.15) is 35.7 Å². The molecule has 0 bridgehead atoms. The molecule has 1 saturated heterocycles. The van der Waals surface area contributed by atoms with E-state index in [2.05, 4.69) is 4.98 Å². The topological polar surface area (TPSA) is 79.2 Å². The van der Waals surface area contributed by atoms with E-state index in [9.17, 15) is 9.59 Å². The Morgan fingerprint density at radius 3 is 2.81 bits per heavy atom. The second-order valence-corrected chi connectivity index (χ2v) is 8.09. The molecule has 0 radical (unpaired) electrons. The maximum absolute atomic E-state index is 12.7. The maximum atomic E-state index is 12.7. The van der Waals surface area contributed by atoms with Crippen molar-refractivity contribution in [3.8, 4) is 0 Å². The molecular formula is C25H23N3O3. The Kier molecular flexibility index (Phi) is 4.90. The second-order valence-electron chi connectivity index (χ2n) is 8.09. The van der Waals surface area contributed by atoms with E-state index < -0.39 is 0 Å². The minimum Gasteiger partial charge on any atom is -0.463 e. The number of carbonyl (C=O) groups excluding carboxylic acids is 1. The van der Waals surface area contributed by atoms with Crippen LogP contribution in [0.2, 0.25) is 0 Å². The van der Waals surface area contributed by atoms with Gasteiger partial charge in [-0.1, -0.05) is 23.8 Å². The molecule has 2 aromatic carbocycles. The Hall–Kier alpha value is -3.67. The SMILES string of the molecule is Cc1ccc2occ(/C=C/C(=O)N3CCC(c4nc5ccccc5[nH]4)CC3)c(=O)c2c1. The lowest BCUT2D eigenvalue weighted by molar-refractivity contribution is -0.127. The Balaban J connectivity index is 1.26. The molecule has 5 rings (SSSR count). The van der Waals surface area contributed by atoms with Gasteiger partial charge >= 0.3 is 0 Å². The Morgan fingerprint density at radius 2 is 2.00 bits per heavy atom. The minimum atomic E-state index is -0.127. The first kappa shape index (κ1) is 19.3. The molecule has 0 atom stereocenters. The molecule has 2 aromatic heterocycles. The molecule has 1 N–H and O–H groups in total. The zero-order valence-corrected chi connectivity index (χ0v) is 17.3. The smallest absolute Gasteiger partial charge is 0.246 e. The first-order chi connectivity index (χ1) is 15.1. The molecule has 31 heavy (non-hydrogen) atoms. The van der Waals surface area contributed by atoms with Gasteiger partial charge in [-0.25, -0.2) is 4.98 Å². The van der Waals surface area contributed by atoms with Gasteiger partial charge in [-0.3, -0.25) is 9.59 Å². The van der Waals surface area contributed by atoms with Gasteiger partial charge in [0, 0.05) is 25.1 Å². The number of rotatable bonds is 3. The van der Waals surface area contributed by atoms with Crippen LogP contribution in [0, 0.1) is 6.92 Å². The molecule has 1 aliphatic heterocycles. The highest BCUT2D eigenvalue weighted by atomic mass is 16.3. The number of carbonyl (C=O) groups is 1. The predicted molar refractivity (Wildman–Crippen MR) is 121 cm³/mol. The van der Waals surface area contributed by atoms with E-state index in [1.165, 1.54) is 12.3 Å². The van der Waals surface area contributed by atoms with Gasteiger partial charge in [0.1, 0.15) is 17.7 Å². The number of nitrogens with one attached hydrogen (secondary N) is 1. The lowest BCUT2D eigenvalue weighted by Gasteiger charge is -2.30. The standard InChI is InChI=1S/C25H23N3O3/c1-16-6-8-22-19(14-16)24(30)18(15-31-22)7-9-23(29)28-12-10-17(11-13-28)25-26-20-4-2-3-5-21(20)27-25/h2-9,14-15,17H,10-13H2,1H3,(H,26,27)/b9-7+. The summed E-state index contributed by atoms with van der Waals surface area (Å²) in [6, 6.07) is 13.5. The molecule has 0 aliphatic carbocycles. The quantitative estimate of drug-likeness (QED) is 0.505. The van der Waals surface area contributed by atoms with Gasteiger partial charge in [-0.15, -0.1) is 0 Å². The number of hydrogen-bond acceptors (Lipinski definition) is 4. The number of nitrogens with zero attached hydrogens (tertiary/aromatic N) is 2. The molecule has 1 aliphatic rings. The summed E-state index contributed by atoms with van der Waals surface area (Å²) in [7, 11) is 0. The second kappa shape index (κ2) is 7.87. The fourth-order valence-corrected chi connectivity index (χ4v) is 4.18. The first-order valence-corrected chi connectivity index (χ1v) is 10.5. The highest BCUT2D eigenvalue weighted by Crippen LogP contribution is 2.27. The number of H-pyrrole nitrogens is 1. The predicted octanol–water partition coefficient (Wildman–Crippen LogP) is 4.40. The number of benzene rings is 2. The number of hydrogen-bond donors (Lipinski definition) is 1. The number of aromatic amines is 1. The van der Waals surface area contributed by atoms with Gasteiger partial charge in [-0.05, 0) is 50.1 Å². The van der Waals surface area contributed by atoms with E-state index >= 15 is 0 Å². The molecule has 1 fully saturated rings. The summed E-state index contributed by atoms with van der Waals surface area (Å²) >= 11 is 0. The summed E-state index contributed by atoms with van der Waals surface area (Å²) in [6.45, 7) is 3.26. The highest BCUT2D eigenvalue weighted by Gasteiger charge is 2.24. The fraction of sp³-hybridized carbons (Fsp3) is 0.240. The molecule has 0 unspecified atom stereocenters. The molecule has 4 aromatic rings. The normalized spacial score (nSPS) is 15.3. The third-order valence-corrected chi connectivity index (χ3v) is 5.96. The zero-order chi connectivity index (χ0) is 21.4. The maximum Gasteiger partial charge on any atom is 0.246 e. The number of para-hydroxylation sites is 2. The number of amides is 1. The van der Waals surface area contributed by atoms with Crippen molar-refractivity contribution >= 4 is 34.0 Å². The molecule has 156 valence electrons. The summed E-state index contributed by atoms with van der Waals surface area (Å²) in [6.07, 6.45) is 6.15. The Bertz CT molecular complexity index is 1320. The van der Waals surface area contributed by atoms with Crippen LogP contribution in [0.25, 0.3) is 28.1 Å². The summed E-state index contributed by atoms with van der Waals surface area (Å²) in [4.78, 5) is 35.3. The van der Waals surface area contributed by atoms with Crippen molar-refractivity contribution in [2.75, 3.05) is 13.1 Å². The summed E-state index contributed by atoms with van der Waals surface area (Å²) in [5.41, 5.74) is 3.81. The number of aromatic nitrogens is 2. The number of fused-ring (bicyclic) bond motifs is 2. The van der Waals surface area contributed by atoms with Crippen molar-refractivity contribution in [1.82, 2.24) is 14.9 Å². The van der Waals surface area contributed by atoms with Crippen LogP contribution in [-0.4, -0.2) is 33.9 Å². The Morgan fingerprint density at radius 1 is 1.19 bits per heavy atom. The molecule has 3 heterocycles. The summed E-state index contributed by atoms with van der Waals surface area (Å²) in [5.74, 6) is 1.22. The minimum absolute atomic E-state index is 0.0909.